The van der Waals surface area contributed by atoms with E-state index in [0.29, 0.717) is 34.7 Å². The summed E-state index contributed by atoms with van der Waals surface area (Å²) in [5.74, 6) is 0.895. The molecule has 0 atom stereocenters. The van der Waals surface area contributed by atoms with E-state index in [0.717, 1.165) is 11.8 Å². The largest absolute Gasteiger partial charge is 0.497 e. The Labute approximate surface area is 173 Å². The molecule has 2 heterocycles. The highest BCUT2D eigenvalue weighted by atomic mass is 16.5. The van der Waals surface area contributed by atoms with E-state index in [1.165, 1.54) is 4.57 Å². The van der Waals surface area contributed by atoms with E-state index in [2.05, 4.69) is 0 Å². The second-order valence-corrected chi connectivity index (χ2v) is 7.14. The van der Waals surface area contributed by atoms with E-state index in [4.69, 9.17) is 9.47 Å². The Hall–Kier alpha value is -3.61. The highest BCUT2D eigenvalue weighted by molar-refractivity contribution is 6.02. The fourth-order valence-electron chi connectivity index (χ4n) is 3.61. The Kier molecular flexibility index (Phi) is 5.27. The number of ether oxygens (including phenoxy) is 2. The monoisotopic (exact) mass is 406 g/mol. The molecule has 1 aliphatic rings. The molecular formula is C23H22N2O5. The van der Waals surface area contributed by atoms with Crippen LogP contribution in [0, 0.1) is 0 Å². The normalized spacial score (nSPS) is 13.1. The van der Waals surface area contributed by atoms with E-state index in [-0.39, 0.29) is 30.4 Å². The van der Waals surface area contributed by atoms with Crippen LogP contribution >= 0.6 is 0 Å². The van der Waals surface area contributed by atoms with Crippen LogP contribution in [0.4, 0.5) is 5.69 Å². The van der Waals surface area contributed by atoms with Crippen LogP contribution in [0.2, 0.25) is 0 Å². The summed E-state index contributed by atoms with van der Waals surface area (Å²) in [6.07, 6.45) is 2.40. The zero-order chi connectivity index (χ0) is 21.3. The summed E-state index contributed by atoms with van der Waals surface area (Å²) >= 11 is 0. The Morgan fingerprint density at radius 2 is 1.97 bits per heavy atom. The van der Waals surface area contributed by atoms with Crippen molar-refractivity contribution in [2.24, 2.45) is 0 Å². The average molecular weight is 406 g/mol. The number of amides is 1. The lowest BCUT2D eigenvalue weighted by Gasteiger charge is -2.29. The highest BCUT2D eigenvalue weighted by Gasteiger charge is 2.26. The molecule has 0 unspecified atom stereocenters. The second-order valence-electron chi connectivity index (χ2n) is 7.14. The van der Waals surface area contributed by atoms with Gasteiger partial charge in [0.15, 0.2) is 12.4 Å². The van der Waals surface area contributed by atoms with Crippen LogP contribution in [0.5, 0.6) is 11.5 Å². The average Bonchev–Trinajstić information content (AvgIpc) is 2.77. The van der Waals surface area contributed by atoms with E-state index in [1.807, 2.05) is 6.92 Å². The van der Waals surface area contributed by atoms with Gasteiger partial charge >= 0.3 is 0 Å². The van der Waals surface area contributed by atoms with Crippen molar-refractivity contribution in [2.45, 2.75) is 19.9 Å². The number of methoxy groups -OCH3 is 1. The topological polar surface area (TPSA) is 77.8 Å². The number of rotatable bonds is 6. The van der Waals surface area contributed by atoms with Crippen molar-refractivity contribution >= 4 is 28.2 Å². The van der Waals surface area contributed by atoms with E-state index < -0.39 is 0 Å². The standard InChI is InChI=1S/C23H22N2O5/c1-3-9-25-19-12-16(4-7-21(19)30-14-22(25)27)20(26)13-24-10-8-15-11-17(29-2)5-6-18(15)23(24)28/h4-8,10-12H,3,9,13-14H2,1-2H3. The summed E-state index contributed by atoms with van der Waals surface area (Å²) in [7, 11) is 1.57. The lowest BCUT2D eigenvalue weighted by Crippen LogP contribution is -2.39. The number of pyridine rings is 1. The van der Waals surface area contributed by atoms with Gasteiger partial charge in [0.05, 0.1) is 19.3 Å². The first-order valence-corrected chi connectivity index (χ1v) is 9.79. The van der Waals surface area contributed by atoms with Gasteiger partial charge in [0, 0.05) is 23.7 Å². The molecule has 0 saturated carbocycles. The minimum atomic E-state index is -0.243. The van der Waals surface area contributed by atoms with Crippen molar-refractivity contribution in [3.63, 3.8) is 0 Å². The maximum atomic E-state index is 12.9. The van der Waals surface area contributed by atoms with Gasteiger partial charge in [0.1, 0.15) is 11.5 Å². The van der Waals surface area contributed by atoms with Crippen molar-refractivity contribution < 1.29 is 19.1 Å². The number of hydrogen-bond donors (Lipinski definition) is 0. The van der Waals surface area contributed by atoms with Gasteiger partial charge in [-0.1, -0.05) is 6.92 Å². The van der Waals surface area contributed by atoms with Crippen LogP contribution in [0.1, 0.15) is 23.7 Å². The van der Waals surface area contributed by atoms with Crippen LogP contribution in [0.25, 0.3) is 10.8 Å². The molecule has 0 bridgehead atoms. The first-order valence-electron chi connectivity index (χ1n) is 9.79. The van der Waals surface area contributed by atoms with Crippen LogP contribution in [-0.2, 0) is 11.3 Å². The molecule has 0 aliphatic carbocycles. The van der Waals surface area contributed by atoms with Crippen LogP contribution in [0.15, 0.2) is 53.5 Å². The Morgan fingerprint density at radius 1 is 1.13 bits per heavy atom. The first kappa shape index (κ1) is 19.7. The number of Topliss-reactive ketones (excluding diaryl/α,β-unsaturated/α-hetero) is 1. The lowest BCUT2D eigenvalue weighted by atomic mass is 10.1. The minimum Gasteiger partial charge on any atom is -0.497 e. The molecule has 4 rings (SSSR count). The number of nitrogens with zero attached hydrogens (tertiary/aromatic N) is 2. The van der Waals surface area contributed by atoms with E-state index >= 15 is 0 Å². The zero-order valence-electron chi connectivity index (χ0n) is 16.9. The third kappa shape index (κ3) is 3.54. The van der Waals surface area contributed by atoms with Crippen LogP contribution in [0.3, 0.4) is 0 Å². The van der Waals surface area contributed by atoms with Gasteiger partial charge in [-0.2, -0.15) is 0 Å². The van der Waals surface area contributed by atoms with Crippen LogP contribution in [-0.4, -0.2) is 36.5 Å². The number of aromatic nitrogens is 1. The van der Waals surface area contributed by atoms with Gasteiger partial charge in [-0.15, -0.1) is 0 Å². The van der Waals surface area contributed by atoms with Crippen LogP contribution < -0.4 is 19.9 Å². The predicted molar refractivity (Wildman–Crippen MR) is 114 cm³/mol. The molecule has 7 heteroatoms. The summed E-state index contributed by atoms with van der Waals surface area (Å²) in [5.41, 5.74) is 0.777. The van der Waals surface area contributed by atoms with Crippen molar-refractivity contribution in [3.8, 4) is 11.5 Å². The van der Waals surface area contributed by atoms with Gasteiger partial charge in [-0.25, -0.2) is 0 Å². The third-order valence-electron chi connectivity index (χ3n) is 5.17. The summed E-state index contributed by atoms with van der Waals surface area (Å²) in [6, 6.07) is 12.0. The molecule has 0 spiro atoms. The number of hydrogen-bond acceptors (Lipinski definition) is 5. The van der Waals surface area contributed by atoms with E-state index in [1.54, 1.807) is 60.7 Å². The fourth-order valence-corrected chi connectivity index (χ4v) is 3.61. The summed E-state index contributed by atoms with van der Waals surface area (Å²) in [4.78, 5) is 39.6. The first-order chi connectivity index (χ1) is 14.5. The zero-order valence-corrected chi connectivity index (χ0v) is 16.9. The Morgan fingerprint density at radius 3 is 2.73 bits per heavy atom. The maximum Gasteiger partial charge on any atom is 0.265 e. The molecule has 154 valence electrons. The molecule has 7 nitrogen and oxygen atoms in total. The number of carbonyl (C=O) groups excluding carboxylic acids is 2. The second kappa shape index (κ2) is 8.02. The molecule has 1 amide bonds. The smallest absolute Gasteiger partial charge is 0.265 e. The minimum absolute atomic E-state index is 0.00242. The number of anilines is 1. The Balaban J connectivity index is 1.64. The molecule has 0 radical (unpaired) electrons. The fraction of sp³-hybridized carbons (Fsp3) is 0.261. The van der Waals surface area contributed by atoms with Gasteiger partial charge in [0.2, 0.25) is 0 Å². The SMILES string of the molecule is CCCN1C(=O)COc2ccc(C(=O)Cn3ccc4cc(OC)ccc4c3=O)cc21. The number of carbonyl (C=O) groups is 2. The maximum absolute atomic E-state index is 12.9. The molecule has 0 saturated heterocycles. The highest BCUT2D eigenvalue weighted by Crippen LogP contribution is 2.33. The van der Waals surface area contributed by atoms with Gasteiger partial charge in [0.25, 0.3) is 11.5 Å². The molecule has 3 aromatic rings. The molecular weight excluding hydrogens is 384 g/mol. The molecule has 1 aliphatic heterocycles. The van der Waals surface area contributed by atoms with E-state index in [9.17, 15) is 14.4 Å². The number of benzene rings is 2. The lowest BCUT2D eigenvalue weighted by molar-refractivity contribution is -0.121. The molecule has 2 aromatic carbocycles. The van der Waals surface area contributed by atoms with Gasteiger partial charge < -0.3 is 18.9 Å². The van der Waals surface area contributed by atoms with Crippen molar-refractivity contribution in [3.05, 3.63) is 64.6 Å². The quantitative estimate of drug-likeness (QED) is 0.588. The summed E-state index contributed by atoms with van der Waals surface area (Å²) in [6.45, 7) is 2.44. The Bertz CT molecular complexity index is 1200. The van der Waals surface area contributed by atoms with Crippen molar-refractivity contribution in [2.75, 3.05) is 25.2 Å². The van der Waals surface area contributed by atoms with Crippen molar-refractivity contribution in [1.82, 2.24) is 4.57 Å². The third-order valence-corrected chi connectivity index (χ3v) is 5.17. The molecule has 0 fully saturated rings. The number of ketones is 1. The summed E-state index contributed by atoms with van der Waals surface area (Å²) < 4.78 is 12.1. The van der Waals surface area contributed by atoms with Gasteiger partial charge in [-0.3, -0.25) is 14.4 Å². The van der Waals surface area contributed by atoms with Crippen molar-refractivity contribution in [1.29, 1.82) is 0 Å². The number of fused-ring (bicyclic) bond motifs is 2. The molecule has 30 heavy (non-hydrogen) atoms. The van der Waals surface area contributed by atoms with Gasteiger partial charge in [-0.05, 0) is 54.3 Å². The molecule has 0 N–H and O–H groups in total. The predicted octanol–water partition coefficient (Wildman–Crippen LogP) is 3.03. The summed E-state index contributed by atoms with van der Waals surface area (Å²) in [5, 5.41) is 1.27. The molecule has 1 aromatic heterocycles.